The Morgan fingerprint density at radius 1 is 0.939 bits per heavy atom. The molecule has 2 aliphatic heterocycles. The van der Waals surface area contributed by atoms with Crippen molar-refractivity contribution in [2.24, 2.45) is 0 Å². The molecule has 4 heterocycles. The second-order valence-electron chi connectivity index (χ2n) is 8.17. The van der Waals surface area contributed by atoms with E-state index in [2.05, 4.69) is 15.2 Å². The molecule has 1 aromatic carbocycles. The number of fused-ring (bicyclic) bond motifs is 1. The van der Waals surface area contributed by atoms with E-state index in [0.717, 1.165) is 37.3 Å². The molecule has 0 spiro atoms. The van der Waals surface area contributed by atoms with Crippen LogP contribution >= 0.6 is 11.6 Å². The van der Waals surface area contributed by atoms with E-state index in [1.165, 1.54) is 4.90 Å². The van der Waals surface area contributed by atoms with Gasteiger partial charge in [0.05, 0.1) is 0 Å². The smallest absolute Gasteiger partial charge is 0.407 e. The molecule has 1 amide bonds. The summed E-state index contributed by atoms with van der Waals surface area (Å²) in [6, 6.07) is 9.99. The van der Waals surface area contributed by atoms with Gasteiger partial charge >= 0.3 is 6.09 Å². The molecule has 0 bridgehead atoms. The summed E-state index contributed by atoms with van der Waals surface area (Å²) in [4.78, 5) is 35.7. The predicted molar refractivity (Wildman–Crippen MR) is 127 cm³/mol. The van der Waals surface area contributed by atoms with Crippen LogP contribution in [0.1, 0.15) is 18.4 Å². The zero-order chi connectivity index (χ0) is 22.8. The molecule has 2 fully saturated rings. The summed E-state index contributed by atoms with van der Waals surface area (Å²) in [5.74, 6) is 1.75. The molecule has 0 aliphatic carbocycles. The molecule has 3 aromatic rings. The van der Waals surface area contributed by atoms with Crippen LogP contribution < -0.4 is 15.1 Å². The average Bonchev–Trinajstić information content (AvgIpc) is 3.38. The van der Waals surface area contributed by atoms with Crippen molar-refractivity contribution in [1.82, 2.24) is 24.8 Å². The van der Waals surface area contributed by atoms with Crippen molar-refractivity contribution >= 4 is 46.4 Å². The maximum absolute atomic E-state index is 11.3. The molecular weight excluding hydrogens is 444 g/mol. The third-order valence-corrected chi connectivity index (χ3v) is 6.26. The van der Waals surface area contributed by atoms with E-state index >= 15 is 0 Å². The number of piperazine rings is 1. The Morgan fingerprint density at radius 2 is 1.67 bits per heavy atom. The Morgan fingerprint density at radius 3 is 2.36 bits per heavy atom. The van der Waals surface area contributed by atoms with Crippen LogP contribution in [0.3, 0.4) is 0 Å². The van der Waals surface area contributed by atoms with E-state index in [4.69, 9.17) is 26.6 Å². The van der Waals surface area contributed by atoms with Gasteiger partial charge in [-0.05, 0) is 18.4 Å². The molecule has 0 atom stereocenters. The van der Waals surface area contributed by atoms with Crippen LogP contribution in [0.2, 0.25) is 5.15 Å². The van der Waals surface area contributed by atoms with Gasteiger partial charge in [-0.2, -0.15) is 9.97 Å². The first-order chi connectivity index (χ1) is 16.1. The van der Waals surface area contributed by atoms with E-state index < -0.39 is 6.09 Å². The van der Waals surface area contributed by atoms with Gasteiger partial charge in [0, 0.05) is 45.8 Å². The lowest BCUT2D eigenvalue weighted by Gasteiger charge is -2.33. The molecule has 2 aliphatic rings. The normalized spacial score (nSPS) is 16.5. The fourth-order valence-corrected chi connectivity index (χ4v) is 4.38. The SMILES string of the molecule is O=C(O)N1CCN(c2nc(N3CCCC3)c3nc(Cl)c(NCc4ccccc4)nc3n2)CC1. The van der Waals surface area contributed by atoms with Crippen molar-refractivity contribution in [1.29, 1.82) is 0 Å². The number of rotatable bonds is 5. The number of nitrogens with zero attached hydrogens (tertiary/aromatic N) is 7. The van der Waals surface area contributed by atoms with Crippen molar-refractivity contribution in [3.63, 3.8) is 0 Å². The number of anilines is 3. The van der Waals surface area contributed by atoms with E-state index in [-0.39, 0.29) is 5.15 Å². The van der Waals surface area contributed by atoms with Gasteiger partial charge in [-0.15, -0.1) is 0 Å². The molecule has 0 radical (unpaired) electrons. The zero-order valence-corrected chi connectivity index (χ0v) is 18.9. The minimum Gasteiger partial charge on any atom is -0.465 e. The molecule has 5 rings (SSSR count). The number of aromatic nitrogens is 4. The molecule has 2 aromatic heterocycles. The lowest BCUT2D eigenvalue weighted by Crippen LogP contribution is -2.48. The fourth-order valence-electron chi connectivity index (χ4n) is 4.18. The van der Waals surface area contributed by atoms with E-state index in [1.807, 2.05) is 35.2 Å². The number of amides is 1. The minimum absolute atomic E-state index is 0.283. The molecule has 33 heavy (non-hydrogen) atoms. The van der Waals surface area contributed by atoms with Gasteiger partial charge < -0.3 is 25.1 Å². The van der Waals surface area contributed by atoms with E-state index in [9.17, 15) is 9.90 Å². The zero-order valence-electron chi connectivity index (χ0n) is 18.1. The largest absolute Gasteiger partial charge is 0.465 e. The summed E-state index contributed by atoms with van der Waals surface area (Å²) < 4.78 is 0. The Labute approximate surface area is 196 Å². The average molecular weight is 469 g/mol. The molecule has 0 saturated carbocycles. The number of carbonyl (C=O) groups is 1. The molecule has 172 valence electrons. The van der Waals surface area contributed by atoms with Gasteiger partial charge in [0.25, 0.3) is 0 Å². The third kappa shape index (κ3) is 4.56. The van der Waals surface area contributed by atoms with Crippen LogP contribution in [0.15, 0.2) is 30.3 Å². The summed E-state index contributed by atoms with van der Waals surface area (Å²) in [7, 11) is 0. The van der Waals surface area contributed by atoms with Gasteiger partial charge in [-0.3, -0.25) is 0 Å². The number of hydrogen-bond donors (Lipinski definition) is 2. The second kappa shape index (κ2) is 9.22. The van der Waals surface area contributed by atoms with Crippen molar-refractivity contribution in [3.8, 4) is 0 Å². The van der Waals surface area contributed by atoms with Crippen molar-refractivity contribution < 1.29 is 9.90 Å². The quantitative estimate of drug-likeness (QED) is 0.583. The van der Waals surface area contributed by atoms with Gasteiger partial charge in [0.1, 0.15) is 0 Å². The fraction of sp³-hybridized carbons (Fsp3) is 0.409. The summed E-state index contributed by atoms with van der Waals surface area (Å²) >= 11 is 6.50. The highest BCUT2D eigenvalue weighted by molar-refractivity contribution is 6.32. The van der Waals surface area contributed by atoms with E-state index in [0.29, 0.717) is 55.7 Å². The Balaban J connectivity index is 1.48. The molecule has 11 heteroatoms. The van der Waals surface area contributed by atoms with Crippen molar-refractivity contribution in [2.75, 3.05) is 54.4 Å². The monoisotopic (exact) mass is 468 g/mol. The van der Waals surface area contributed by atoms with Crippen LogP contribution in [-0.2, 0) is 6.54 Å². The highest BCUT2D eigenvalue weighted by atomic mass is 35.5. The molecule has 10 nitrogen and oxygen atoms in total. The van der Waals surface area contributed by atoms with Crippen LogP contribution in [-0.4, -0.2) is 75.3 Å². The predicted octanol–water partition coefficient (Wildman–Crippen LogP) is 3.09. The maximum atomic E-state index is 11.3. The summed E-state index contributed by atoms with van der Waals surface area (Å²) in [5.41, 5.74) is 2.16. The minimum atomic E-state index is -0.901. The van der Waals surface area contributed by atoms with Gasteiger partial charge in [-0.25, -0.2) is 14.8 Å². The molecule has 2 N–H and O–H groups in total. The second-order valence-corrected chi connectivity index (χ2v) is 8.53. The number of halogens is 1. The van der Waals surface area contributed by atoms with Crippen LogP contribution in [0.5, 0.6) is 0 Å². The Hall–Kier alpha value is -3.40. The van der Waals surface area contributed by atoms with Crippen molar-refractivity contribution in [2.45, 2.75) is 19.4 Å². The topological polar surface area (TPSA) is 111 Å². The van der Waals surface area contributed by atoms with Gasteiger partial charge in [0.2, 0.25) is 5.95 Å². The maximum Gasteiger partial charge on any atom is 0.407 e. The highest BCUT2D eigenvalue weighted by Crippen LogP contribution is 2.30. The third-order valence-electron chi connectivity index (χ3n) is 6.00. The Kier molecular flexibility index (Phi) is 5.99. The first-order valence-electron chi connectivity index (χ1n) is 11.1. The molecule has 2 saturated heterocycles. The summed E-state index contributed by atoms with van der Waals surface area (Å²) in [6.45, 7) is 4.22. The number of benzene rings is 1. The van der Waals surface area contributed by atoms with Crippen LogP contribution in [0.4, 0.5) is 22.4 Å². The van der Waals surface area contributed by atoms with Crippen LogP contribution in [0.25, 0.3) is 11.2 Å². The van der Waals surface area contributed by atoms with Gasteiger partial charge in [-0.1, -0.05) is 41.9 Å². The standard InChI is InChI=1S/C22H25ClN8O2/c23-17-19(24-14-15-6-2-1-3-7-15)26-18-16(25-17)20(29-8-4-5-9-29)28-21(27-18)30-10-12-31(13-11-30)22(32)33/h1-3,6-7H,4-5,8-14H2,(H,32,33)(H,24,26,27,28). The van der Waals surface area contributed by atoms with Crippen molar-refractivity contribution in [3.05, 3.63) is 41.0 Å². The molecular formula is C22H25ClN8O2. The Bertz CT molecular complexity index is 1150. The summed E-state index contributed by atoms with van der Waals surface area (Å²) in [5, 5.41) is 12.8. The lowest BCUT2D eigenvalue weighted by atomic mass is 10.2. The first kappa shape index (κ1) is 21.4. The molecule has 0 unspecified atom stereocenters. The van der Waals surface area contributed by atoms with E-state index in [1.54, 1.807) is 0 Å². The number of hydrogen-bond acceptors (Lipinski definition) is 8. The van der Waals surface area contributed by atoms with Crippen LogP contribution in [0, 0.1) is 0 Å². The highest BCUT2D eigenvalue weighted by Gasteiger charge is 2.26. The number of carboxylic acid groups (broad SMARTS) is 1. The number of nitrogens with one attached hydrogen (secondary N) is 1. The lowest BCUT2D eigenvalue weighted by molar-refractivity contribution is 0.142. The summed E-state index contributed by atoms with van der Waals surface area (Å²) in [6.07, 6.45) is 1.29. The first-order valence-corrected chi connectivity index (χ1v) is 11.5. The van der Waals surface area contributed by atoms with Gasteiger partial charge in [0.15, 0.2) is 28.0 Å².